The van der Waals surface area contributed by atoms with Gasteiger partial charge in [-0.1, -0.05) is 72.4 Å². The highest BCUT2D eigenvalue weighted by Gasteiger charge is 2.29. The molecule has 0 aliphatic carbocycles. The zero-order valence-corrected chi connectivity index (χ0v) is 14.6. The lowest BCUT2D eigenvalue weighted by Crippen LogP contribution is -2.21. The van der Waals surface area contributed by atoms with E-state index in [4.69, 9.17) is 10.1 Å². The fourth-order valence-electron chi connectivity index (χ4n) is 2.69. The number of nitrogens with zero attached hydrogens (tertiary/aromatic N) is 2. The van der Waals surface area contributed by atoms with Gasteiger partial charge in [0.2, 0.25) is 0 Å². The van der Waals surface area contributed by atoms with E-state index in [1.54, 1.807) is 6.08 Å². The Bertz CT molecular complexity index is 760. The molecule has 1 saturated heterocycles. The minimum absolute atomic E-state index is 0.374. The summed E-state index contributed by atoms with van der Waals surface area (Å²) in [6, 6.07) is 20.3. The van der Waals surface area contributed by atoms with E-state index in [0.717, 1.165) is 18.2 Å². The van der Waals surface area contributed by atoms with Crippen molar-refractivity contribution < 1.29 is 9.90 Å². The van der Waals surface area contributed by atoms with Crippen LogP contribution in [0.2, 0.25) is 0 Å². The molecule has 0 radical (unpaired) electrons. The second-order valence-electron chi connectivity index (χ2n) is 5.71. The number of thioether (sulfide) groups is 1. The molecule has 0 bridgehead atoms. The molecular formula is C20H20N2O2S. The standard InChI is InChI=1S/C11H12N2S.C9H8O2/c1-2-4-9(5-3-1)10-8-13-6-7-14-11(13)12-10;10-9(11)7-6-8-4-2-1-3-5-8/h1-5,10H,6-8H2;1-7H,(H,10,11)/b;7-6+. The van der Waals surface area contributed by atoms with Crippen molar-refractivity contribution in [3.8, 4) is 0 Å². The van der Waals surface area contributed by atoms with Crippen LogP contribution < -0.4 is 0 Å². The lowest BCUT2D eigenvalue weighted by Gasteiger charge is -2.12. The second kappa shape index (κ2) is 8.53. The number of carboxylic acid groups (broad SMARTS) is 1. The summed E-state index contributed by atoms with van der Waals surface area (Å²) in [7, 11) is 0. The smallest absolute Gasteiger partial charge is 0.328 e. The van der Waals surface area contributed by atoms with Crippen molar-refractivity contribution in [2.24, 2.45) is 4.99 Å². The Balaban J connectivity index is 0.000000151. The molecule has 1 N–H and O–H groups in total. The molecule has 0 saturated carbocycles. The number of carbonyl (C=O) groups is 1. The van der Waals surface area contributed by atoms with Crippen LogP contribution in [-0.4, -0.2) is 40.0 Å². The lowest BCUT2D eigenvalue weighted by atomic mass is 10.1. The third kappa shape index (κ3) is 4.97. The molecule has 2 aliphatic heterocycles. The molecule has 1 fully saturated rings. The molecule has 1 atom stereocenters. The SMILES string of the molecule is O=C(O)/C=C/c1ccccc1.c1ccc(C2CN3CCSC3=N2)cc1. The van der Waals surface area contributed by atoms with Gasteiger partial charge in [-0.2, -0.15) is 0 Å². The van der Waals surface area contributed by atoms with Crippen molar-refractivity contribution in [1.82, 2.24) is 4.90 Å². The van der Waals surface area contributed by atoms with Gasteiger partial charge in [0.05, 0.1) is 6.04 Å². The average Bonchev–Trinajstić information content (AvgIpc) is 3.24. The monoisotopic (exact) mass is 352 g/mol. The van der Waals surface area contributed by atoms with Crippen LogP contribution in [0.3, 0.4) is 0 Å². The number of carboxylic acids is 1. The number of fused-ring (bicyclic) bond motifs is 1. The molecule has 128 valence electrons. The molecule has 0 aromatic heterocycles. The van der Waals surface area contributed by atoms with Gasteiger partial charge in [-0.3, -0.25) is 4.99 Å². The van der Waals surface area contributed by atoms with Crippen LogP contribution in [0.25, 0.3) is 6.08 Å². The average molecular weight is 352 g/mol. The molecule has 25 heavy (non-hydrogen) atoms. The molecule has 2 aliphatic rings. The van der Waals surface area contributed by atoms with Crippen LogP contribution in [0, 0.1) is 0 Å². The molecule has 0 spiro atoms. The largest absolute Gasteiger partial charge is 0.478 e. The van der Waals surface area contributed by atoms with E-state index in [1.807, 2.05) is 42.1 Å². The van der Waals surface area contributed by atoms with Crippen molar-refractivity contribution in [3.05, 3.63) is 77.9 Å². The third-order valence-corrected chi connectivity index (χ3v) is 4.93. The minimum atomic E-state index is -0.922. The van der Waals surface area contributed by atoms with Gasteiger partial charge >= 0.3 is 5.97 Å². The summed E-state index contributed by atoms with van der Waals surface area (Å²) in [4.78, 5) is 17.2. The van der Waals surface area contributed by atoms with E-state index in [2.05, 4.69) is 35.2 Å². The predicted molar refractivity (Wildman–Crippen MR) is 104 cm³/mol. The summed E-state index contributed by atoms with van der Waals surface area (Å²) < 4.78 is 0. The first-order chi connectivity index (χ1) is 12.2. The van der Waals surface area contributed by atoms with Gasteiger partial charge in [0.25, 0.3) is 0 Å². The first-order valence-electron chi connectivity index (χ1n) is 8.19. The van der Waals surface area contributed by atoms with Crippen molar-refractivity contribution in [2.75, 3.05) is 18.8 Å². The van der Waals surface area contributed by atoms with Crippen LogP contribution in [0.15, 0.2) is 71.7 Å². The highest BCUT2D eigenvalue weighted by Crippen LogP contribution is 2.31. The van der Waals surface area contributed by atoms with Crippen LogP contribution in [-0.2, 0) is 4.79 Å². The van der Waals surface area contributed by atoms with Gasteiger partial charge in [-0.05, 0) is 17.2 Å². The highest BCUT2D eigenvalue weighted by atomic mass is 32.2. The molecule has 4 rings (SSSR count). The van der Waals surface area contributed by atoms with Gasteiger partial charge < -0.3 is 10.0 Å². The van der Waals surface area contributed by atoms with Crippen LogP contribution in [0.4, 0.5) is 0 Å². The first-order valence-corrected chi connectivity index (χ1v) is 9.17. The van der Waals surface area contributed by atoms with Crippen molar-refractivity contribution in [3.63, 3.8) is 0 Å². The van der Waals surface area contributed by atoms with Gasteiger partial charge in [-0.25, -0.2) is 4.79 Å². The highest BCUT2D eigenvalue weighted by molar-refractivity contribution is 8.14. The van der Waals surface area contributed by atoms with Gasteiger partial charge in [0.1, 0.15) is 0 Å². The molecular weight excluding hydrogens is 332 g/mol. The normalized spacial score (nSPS) is 18.5. The van der Waals surface area contributed by atoms with E-state index in [-0.39, 0.29) is 0 Å². The first kappa shape index (κ1) is 17.3. The van der Waals surface area contributed by atoms with Crippen molar-refractivity contribution in [1.29, 1.82) is 0 Å². The van der Waals surface area contributed by atoms with Gasteiger partial charge in [0.15, 0.2) is 5.17 Å². The topological polar surface area (TPSA) is 52.9 Å². The number of aliphatic carboxylic acids is 1. The summed E-state index contributed by atoms with van der Waals surface area (Å²) in [5.74, 6) is 0.286. The van der Waals surface area contributed by atoms with Crippen LogP contribution >= 0.6 is 11.8 Å². The Labute approximate surface area is 151 Å². The molecule has 5 heteroatoms. The second-order valence-corrected chi connectivity index (χ2v) is 6.78. The predicted octanol–water partition coefficient (Wildman–Crippen LogP) is 3.93. The Hall–Kier alpha value is -2.53. The Morgan fingerprint density at radius 2 is 1.80 bits per heavy atom. The van der Waals surface area contributed by atoms with Crippen LogP contribution in [0.5, 0.6) is 0 Å². The van der Waals surface area contributed by atoms with E-state index in [1.165, 1.54) is 23.0 Å². The minimum Gasteiger partial charge on any atom is -0.478 e. The van der Waals surface area contributed by atoms with Crippen LogP contribution in [0.1, 0.15) is 17.2 Å². The van der Waals surface area contributed by atoms with E-state index < -0.39 is 5.97 Å². The Kier molecular flexibility index (Phi) is 5.90. The van der Waals surface area contributed by atoms with Crippen molar-refractivity contribution >= 4 is 29.0 Å². The Morgan fingerprint density at radius 3 is 2.44 bits per heavy atom. The maximum atomic E-state index is 10.1. The number of aliphatic imine (C=N–C) groups is 1. The summed E-state index contributed by atoms with van der Waals surface area (Å²) in [6.45, 7) is 2.25. The van der Waals surface area contributed by atoms with E-state index in [9.17, 15) is 4.79 Å². The summed E-state index contributed by atoms with van der Waals surface area (Å²) in [5, 5.41) is 9.54. The fraction of sp³-hybridized carbons (Fsp3) is 0.200. The third-order valence-electron chi connectivity index (χ3n) is 3.92. The fourth-order valence-corrected chi connectivity index (χ4v) is 3.74. The maximum absolute atomic E-state index is 10.1. The number of hydrogen-bond acceptors (Lipinski definition) is 4. The zero-order chi connectivity index (χ0) is 17.5. The van der Waals surface area contributed by atoms with Gasteiger partial charge in [0, 0.05) is 24.9 Å². The summed E-state index contributed by atoms with van der Waals surface area (Å²) >= 11 is 1.89. The molecule has 2 aromatic rings. The molecule has 1 unspecified atom stereocenters. The summed E-state index contributed by atoms with van der Waals surface area (Å²) in [5.41, 5.74) is 2.24. The quantitative estimate of drug-likeness (QED) is 0.851. The number of benzene rings is 2. The van der Waals surface area contributed by atoms with Gasteiger partial charge in [-0.15, -0.1) is 0 Å². The molecule has 2 heterocycles. The summed E-state index contributed by atoms with van der Waals surface area (Å²) in [6.07, 6.45) is 2.68. The number of hydrogen-bond donors (Lipinski definition) is 1. The zero-order valence-electron chi connectivity index (χ0n) is 13.8. The molecule has 4 nitrogen and oxygen atoms in total. The number of amidine groups is 1. The molecule has 2 aromatic carbocycles. The molecule has 0 amide bonds. The lowest BCUT2D eigenvalue weighted by molar-refractivity contribution is -0.131. The Morgan fingerprint density at radius 1 is 1.12 bits per heavy atom. The maximum Gasteiger partial charge on any atom is 0.328 e. The van der Waals surface area contributed by atoms with E-state index >= 15 is 0 Å². The van der Waals surface area contributed by atoms with E-state index in [0.29, 0.717) is 6.04 Å². The number of rotatable bonds is 3. The van der Waals surface area contributed by atoms with Crippen molar-refractivity contribution in [2.45, 2.75) is 6.04 Å².